The van der Waals surface area contributed by atoms with Gasteiger partial charge in [0, 0.05) is 22.9 Å². The molecule has 2 rings (SSSR count). The van der Waals surface area contributed by atoms with Gasteiger partial charge in [-0.2, -0.15) is 0 Å². The van der Waals surface area contributed by atoms with Crippen molar-refractivity contribution in [2.75, 3.05) is 6.54 Å². The second-order valence-electron chi connectivity index (χ2n) is 6.20. The number of hydrogen-bond donors (Lipinski definition) is 2. The highest BCUT2D eigenvalue weighted by Crippen LogP contribution is 2.31. The number of aliphatic hydroxyl groups excluding tert-OH is 1. The normalized spacial score (nSPS) is 25.3. The highest BCUT2D eigenvalue weighted by molar-refractivity contribution is 7.10. The number of nitrogens with one attached hydrogen (secondary N) is 1. The Bertz CT molecular complexity index is 378. The van der Waals surface area contributed by atoms with Crippen LogP contribution in [-0.2, 0) is 5.41 Å². The van der Waals surface area contributed by atoms with E-state index in [2.05, 4.69) is 37.5 Å². The average Bonchev–Trinajstić information content (AvgIpc) is 2.76. The first-order valence-corrected chi connectivity index (χ1v) is 7.83. The first-order valence-electron chi connectivity index (χ1n) is 6.95. The van der Waals surface area contributed by atoms with E-state index in [1.165, 1.54) is 10.4 Å². The van der Waals surface area contributed by atoms with Gasteiger partial charge in [-0.1, -0.05) is 13.8 Å². The maximum atomic E-state index is 9.52. The van der Waals surface area contributed by atoms with Gasteiger partial charge < -0.3 is 10.4 Å². The van der Waals surface area contributed by atoms with Gasteiger partial charge in [0.05, 0.1) is 6.10 Å². The number of aliphatic hydroxyl groups is 1. The molecule has 0 aromatic carbocycles. The zero-order valence-electron chi connectivity index (χ0n) is 11.7. The van der Waals surface area contributed by atoms with E-state index in [1.807, 2.05) is 11.3 Å². The lowest BCUT2D eigenvalue weighted by atomic mass is 9.87. The van der Waals surface area contributed by atoms with Crippen LogP contribution in [0.1, 0.15) is 50.0 Å². The van der Waals surface area contributed by atoms with Gasteiger partial charge in [0.25, 0.3) is 0 Å². The third-order valence-corrected chi connectivity index (χ3v) is 5.39. The zero-order valence-corrected chi connectivity index (χ0v) is 12.5. The summed E-state index contributed by atoms with van der Waals surface area (Å²) in [6, 6.07) is 2.80. The summed E-state index contributed by atoms with van der Waals surface area (Å²) < 4.78 is 0. The van der Waals surface area contributed by atoms with Crippen molar-refractivity contribution in [2.45, 2.75) is 64.0 Å². The van der Waals surface area contributed by atoms with Crippen LogP contribution in [-0.4, -0.2) is 23.8 Å². The van der Waals surface area contributed by atoms with Crippen molar-refractivity contribution >= 4 is 11.3 Å². The molecule has 0 saturated heterocycles. The fourth-order valence-corrected chi connectivity index (χ4v) is 3.88. The maximum Gasteiger partial charge on any atom is 0.0541 e. The molecule has 0 aliphatic heterocycles. The third kappa shape index (κ3) is 3.34. The quantitative estimate of drug-likeness (QED) is 0.878. The van der Waals surface area contributed by atoms with Crippen molar-refractivity contribution in [3.8, 4) is 0 Å². The van der Waals surface area contributed by atoms with Crippen LogP contribution in [0.4, 0.5) is 0 Å². The minimum absolute atomic E-state index is 0.0596. The van der Waals surface area contributed by atoms with Gasteiger partial charge in [-0.25, -0.2) is 0 Å². The number of aryl methyl sites for hydroxylation is 1. The molecule has 0 bridgehead atoms. The fourth-order valence-electron chi connectivity index (χ4n) is 2.83. The maximum absolute atomic E-state index is 9.52. The Morgan fingerprint density at radius 2 is 2.00 bits per heavy atom. The summed E-state index contributed by atoms with van der Waals surface area (Å²) in [6.45, 7) is 7.85. The molecule has 2 nitrogen and oxygen atoms in total. The van der Waals surface area contributed by atoms with Crippen molar-refractivity contribution in [3.63, 3.8) is 0 Å². The second kappa shape index (κ2) is 5.72. The highest BCUT2D eigenvalue weighted by atomic mass is 32.1. The number of thiophene rings is 1. The summed E-state index contributed by atoms with van der Waals surface area (Å²) in [6.07, 6.45) is 4.07. The summed E-state index contributed by atoms with van der Waals surface area (Å²) >= 11 is 1.86. The van der Waals surface area contributed by atoms with Crippen LogP contribution < -0.4 is 5.32 Å². The van der Waals surface area contributed by atoms with E-state index in [9.17, 15) is 5.11 Å². The van der Waals surface area contributed by atoms with E-state index in [0.29, 0.717) is 6.04 Å². The van der Waals surface area contributed by atoms with Crippen molar-refractivity contribution in [1.82, 2.24) is 5.32 Å². The predicted octanol–water partition coefficient (Wildman–Crippen LogP) is 3.23. The van der Waals surface area contributed by atoms with Crippen LogP contribution in [0.3, 0.4) is 0 Å². The van der Waals surface area contributed by atoms with Gasteiger partial charge in [0.2, 0.25) is 0 Å². The third-order valence-electron chi connectivity index (χ3n) is 4.01. The molecular formula is C15H25NOS. The molecule has 102 valence electrons. The van der Waals surface area contributed by atoms with Gasteiger partial charge in [0.15, 0.2) is 0 Å². The van der Waals surface area contributed by atoms with Gasteiger partial charge in [0.1, 0.15) is 0 Å². The topological polar surface area (TPSA) is 32.3 Å². The van der Waals surface area contributed by atoms with Crippen LogP contribution in [0.25, 0.3) is 0 Å². The molecule has 0 radical (unpaired) electrons. The lowest BCUT2D eigenvalue weighted by molar-refractivity contribution is 0.115. The lowest BCUT2D eigenvalue weighted by Gasteiger charge is -2.31. The molecule has 1 aromatic rings. The molecule has 1 aromatic heterocycles. The molecule has 2 N–H and O–H groups in total. The van der Waals surface area contributed by atoms with E-state index in [0.717, 1.165) is 32.2 Å². The molecule has 1 heterocycles. The summed E-state index contributed by atoms with van der Waals surface area (Å²) in [7, 11) is 0. The molecule has 0 atom stereocenters. The van der Waals surface area contributed by atoms with Crippen LogP contribution in [0.5, 0.6) is 0 Å². The van der Waals surface area contributed by atoms with Gasteiger partial charge in [-0.3, -0.25) is 0 Å². The van der Waals surface area contributed by atoms with E-state index < -0.39 is 0 Å². The molecule has 1 aliphatic rings. The molecule has 0 amide bonds. The van der Waals surface area contributed by atoms with Crippen LogP contribution in [0.2, 0.25) is 0 Å². The first kappa shape index (κ1) is 14.0. The Morgan fingerprint density at radius 1 is 1.33 bits per heavy atom. The Balaban J connectivity index is 1.87. The smallest absolute Gasteiger partial charge is 0.0541 e. The second-order valence-corrected chi connectivity index (χ2v) is 7.12. The van der Waals surface area contributed by atoms with E-state index >= 15 is 0 Å². The lowest BCUT2D eigenvalue weighted by Crippen LogP contribution is -2.41. The molecule has 18 heavy (non-hydrogen) atoms. The summed E-state index contributed by atoms with van der Waals surface area (Å²) in [4.78, 5) is 1.49. The molecule has 0 spiro atoms. The fraction of sp³-hybridized carbons (Fsp3) is 0.733. The minimum atomic E-state index is -0.0596. The van der Waals surface area contributed by atoms with Gasteiger partial charge in [-0.05, 0) is 49.6 Å². The Morgan fingerprint density at radius 3 is 2.56 bits per heavy atom. The summed E-state index contributed by atoms with van der Waals surface area (Å²) in [5.74, 6) is 0. The minimum Gasteiger partial charge on any atom is -0.393 e. The molecule has 3 heteroatoms. The Labute approximate surface area is 114 Å². The van der Waals surface area contributed by atoms with Crippen molar-refractivity contribution < 1.29 is 5.11 Å². The molecular weight excluding hydrogens is 242 g/mol. The molecule has 1 saturated carbocycles. The standard InChI is InChI=1S/C15H25NOS/c1-11-8-9-18-14(11)15(2,3)10-16-12-4-6-13(17)7-5-12/h8-9,12-13,16-17H,4-7,10H2,1-3H3. The molecule has 1 aliphatic carbocycles. The monoisotopic (exact) mass is 267 g/mol. The number of hydrogen-bond acceptors (Lipinski definition) is 3. The van der Waals surface area contributed by atoms with E-state index in [1.54, 1.807) is 0 Å². The van der Waals surface area contributed by atoms with Crippen LogP contribution >= 0.6 is 11.3 Å². The summed E-state index contributed by atoms with van der Waals surface area (Å²) in [5, 5.41) is 15.4. The van der Waals surface area contributed by atoms with Crippen molar-refractivity contribution in [1.29, 1.82) is 0 Å². The van der Waals surface area contributed by atoms with E-state index in [-0.39, 0.29) is 11.5 Å². The van der Waals surface area contributed by atoms with E-state index in [4.69, 9.17) is 0 Å². The van der Waals surface area contributed by atoms with Crippen LogP contribution in [0.15, 0.2) is 11.4 Å². The predicted molar refractivity (Wildman–Crippen MR) is 78.3 cm³/mol. The Kier molecular flexibility index (Phi) is 4.46. The highest BCUT2D eigenvalue weighted by Gasteiger charge is 2.26. The van der Waals surface area contributed by atoms with Crippen LogP contribution in [0, 0.1) is 6.92 Å². The molecule has 1 fully saturated rings. The van der Waals surface area contributed by atoms with Gasteiger partial charge >= 0.3 is 0 Å². The van der Waals surface area contributed by atoms with Gasteiger partial charge in [-0.15, -0.1) is 11.3 Å². The average molecular weight is 267 g/mol. The number of rotatable bonds is 4. The SMILES string of the molecule is Cc1ccsc1C(C)(C)CNC1CCC(O)CC1. The first-order chi connectivity index (χ1) is 8.49. The zero-order chi connectivity index (χ0) is 13.2. The summed E-state index contributed by atoms with van der Waals surface area (Å²) in [5.41, 5.74) is 1.61. The van der Waals surface area contributed by atoms with Crippen molar-refractivity contribution in [2.24, 2.45) is 0 Å². The Hall–Kier alpha value is -0.380. The molecule has 0 unspecified atom stereocenters. The largest absolute Gasteiger partial charge is 0.393 e. The van der Waals surface area contributed by atoms with Crippen molar-refractivity contribution in [3.05, 3.63) is 21.9 Å².